The minimum Gasteiger partial charge on any atom is -0.296 e. The summed E-state index contributed by atoms with van der Waals surface area (Å²) in [4.78, 5) is 18.1. The van der Waals surface area contributed by atoms with E-state index in [4.69, 9.17) is 0 Å². The molecule has 10 heavy (non-hydrogen) atoms. The molecule has 0 saturated carbocycles. The van der Waals surface area contributed by atoms with Crippen molar-refractivity contribution in [2.45, 2.75) is 0 Å². The van der Waals surface area contributed by atoms with Crippen LogP contribution >= 0.6 is 0 Å². The monoisotopic (exact) mass is 136 g/mol. The summed E-state index contributed by atoms with van der Waals surface area (Å²) in [7, 11) is 0. The van der Waals surface area contributed by atoms with Gasteiger partial charge in [0.15, 0.2) is 5.65 Å². The fraction of sp³-hybridized carbons (Fsp3) is 0. The van der Waals surface area contributed by atoms with Crippen LogP contribution in [0, 0.1) is 0 Å². The molecule has 0 amide bonds. The van der Waals surface area contributed by atoms with Crippen LogP contribution in [-0.2, 0) is 0 Å². The van der Waals surface area contributed by atoms with E-state index in [1.54, 1.807) is 12.3 Å². The maximum atomic E-state index is 10.8. The molecule has 0 saturated heterocycles. The molecule has 2 aromatic heterocycles. The lowest BCUT2D eigenvalue weighted by Crippen LogP contribution is -2.16. The summed E-state index contributed by atoms with van der Waals surface area (Å²) in [5.41, 5.74) is 0.245. The molecule has 5 heteroatoms. The van der Waals surface area contributed by atoms with E-state index in [0.717, 1.165) is 0 Å². The van der Waals surface area contributed by atoms with Crippen LogP contribution < -0.4 is 5.69 Å². The van der Waals surface area contributed by atoms with Gasteiger partial charge in [0.2, 0.25) is 0 Å². The largest absolute Gasteiger partial charge is 0.369 e. The van der Waals surface area contributed by atoms with E-state index in [2.05, 4.69) is 15.1 Å². The van der Waals surface area contributed by atoms with Gasteiger partial charge in [0.1, 0.15) is 6.33 Å². The average molecular weight is 136 g/mol. The first-order valence-electron chi connectivity index (χ1n) is 2.75. The average Bonchev–Trinajstić information content (AvgIpc) is 2.36. The first kappa shape index (κ1) is 5.16. The van der Waals surface area contributed by atoms with Gasteiger partial charge in [-0.05, 0) is 0 Å². The highest BCUT2D eigenvalue weighted by atomic mass is 16.1. The van der Waals surface area contributed by atoms with Gasteiger partial charge in [0.05, 0.1) is 0 Å². The lowest BCUT2D eigenvalue weighted by molar-refractivity contribution is 0.840. The third-order valence-electron chi connectivity index (χ3n) is 1.21. The summed E-state index contributed by atoms with van der Waals surface area (Å²) in [5, 5.41) is 2.67. The van der Waals surface area contributed by atoms with Crippen LogP contribution in [0.15, 0.2) is 23.4 Å². The van der Waals surface area contributed by atoms with Crippen molar-refractivity contribution in [1.29, 1.82) is 0 Å². The standard InChI is InChI=1S/C5H4N4O/c10-5-7-3-6-4-1-2-8-9(4)5/h1-3,8H. The molecule has 0 spiro atoms. The number of hydrogen-bond acceptors (Lipinski definition) is 3. The molecule has 0 aromatic carbocycles. The Labute approximate surface area is 55.3 Å². The molecule has 1 N–H and O–H groups in total. The number of aromatic nitrogens is 4. The Morgan fingerprint density at radius 2 is 2.40 bits per heavy atom. The number of aromatic amines is 1. The van der Waals surface area contributed by atoms with E-state index >= 15 is 0 Å². The van der Waals surface area contributed by atoms with Gasteiger partial charge in [-0.1, -0.05) is 0 Å². The van der Waals surface area contributed by atoms with Crippen LogP contribution in [0.25, 0.3) is 5.65 Å². The Morgan fingerprint density at radius 3 is 3.20 bits per heavy atom. The van der Waals surface area contributed by atoms with Crippen molar-refractivity contribution in [2.24, 2.45) is 0 Å². The van der Waals surface area contributed by atoms with Crippen LogP contribution in [0.5, 0.6) is 0 Å². The third-order valence-corrected chi connectivity index (χ3v) is 1.21. The Kier molecular flexibility index (Phi) is 0.858. The van der Waals surface area contributed by atoms with Crippen LogP contribution in [0.2, 0.25) is 0 Å². The number of H-pyrrole nitrogens is 1. The number of hydrogen-bond donors (Lipinski definition) is 1. The number of nitrogens with one attached hydrogen (secondary N) is 1. The summed E-state index contributed by atoms with van der Waals surface area (Å²) >= 11 is 0. The van der Waals surface area contributed by atoms with E-state index in [1.165, 1.54) is 10.8 Å². The van der Waals surface area contributed by atoms with Gasteiger partial charge in [-0.3, -0.25) is 5.10 Å². The number of rotatable bonds is 0. The quantitative estimate of drug-likeness (QED) is 0.526. The zero-order valence-corrected chi connectivity index (χ0v) is 4.98. The zero-order valence-electron chi connectivity index (χ0n) is 4.98. The lowest BCUT2D eigenvalue weighted by Gasteiger charge is -1.85. The second-order valence-corrected chi connectivity index (χ2v) is 1.81. The van der Waals surface area contributed by atoms with Crippen molar-refractivity contribution in [3.05, 3.63) is 29.1 Å². The predicted molar refractivity (Wildman–Crippen MR) is 33.6 cm³/mol. The van der Waals surface area contributed by atoms with E-state index in [0.29, 0.717) is 5.65 Å². The molecule has 0 bridgehead atoms. The molecular formula is C5H4N4O. The lowest BCUT2D eigenvalue weighted by atomic mass is 10.7. The molecule has 0 aliphatic rings. The van der Waals surface area contributed by atoms with Crippen molar-refractivity contribution in [2.75, 3.05) is 0 Å². The van der Waals surface area contributed by atoms with E-state index < -0.39 is 0 Å². The van der Waals surface area contributed by atoms with Crippen molar-refractivity contribution in [3.63, 3.8) is 0 Å². The Morgan fingerprint density at radius 1 is 1.50 bits per heavy atom. The molecule has 2 rings (SSSR count). The van der Waals surface area contributed by atoms with E-state index in [9.17, 15) is 4.79 Å². The molecule has 2 heterocycles. The zero-order chi connectivity index (χ0) is 6.97. The molecule has 0 fully saturated rings. The van der Waals surface area contributed by atoms with Gasteiger partial charge < -0.3 is 0 Å². The Bertz CT molecular complexity index is 401. The van der Waals surface area contributed by atoms with Crippen molar-refractivity contribution < 1.29 is 0 Å². The number of nitrogens with zero attached hydrogens (tertiary/aromatic N) is 3. The van der Waals surface area contributed by atoms with Crippen LogP contribution in [0.4, 0.5) is 0 Å². The van der Waals surface area contributed by atoms with Crippen molar-refractivity contribution in [1.82, 2.24) is 19.6 Å². The molecule has 0 aliphatic carbocycles. The van der Waals surface area contributed by atoms with E-state index in [-0.39, 0.29) is 5.69 Å². The highest BCUT2D eigenvalue weighted by molar-refractivity contribution is 5.32. The highest BCUT2D eigenvalue weighted by Gasteiger charge is 1.93. The fourth-order valence-electron chi connectivity index (χ4n) is 0.776. The molecule has 0 atom stereocenters. The molecule has 0 aliphatic heterocycles. The SMILES string of the molecule is O=c1ncnc2cc[nH]n12. The summed E-state index contributed by atoms with van der Waals surface area (Å²) in [6, 6.07) is 1.70. The van der Waals surface area contributed by atoms with Gasteiger partial charge in [-0.2, -0.15) is 9.50 Å². The first-order chi connectivity index (χ1) is 4.88. The number of fused-ring (bicyclic) bond motifs is 1. The van der Waals surface area contributed by atoms with Crippen molar-refractivity contribution in [3.8, 4) is 0 Å². The predicted octanol–water partition coefficient (Wildman–Crippen LogP) is -0.582. The molecule has 2 aromatic rings. The highest BCUT2D eigenvalue weighted by Crippen LogP contribution is 1.87. The van der Waals surface area contributed by atoms with Crippen LogP contribution in [-0.4, -0.2) is 19.6 Å². The summed E-state index contributed by atoms with van der Waals surface area (Å²) in [6.07, 6.45) is 2.87. The smallest absolute Gasteiger partial charge is 0.296 e. The van der Waals surface area contributed by atoms with Crippen molar-refractivity contribution >= 4 is 5.65 Å². The second-order valence-electron chi connectivity index (χ2n) is 1.81. The van der Waals surface area contributed by atoms with E-state index in [1.807, 2.05) is 0 Å². The molecule has 5 nitrogen and oxygen atoms in total. The fourth-order valence-corrected chi connectivity index (χ4v) is 0.776. The van der Waals surface area contributed by atoms with Crippen LogP contribution in [0.1, 0.15) is 0 Å². The minimum atomic E-state index is -0.338. The molecule has 50 valence electrons. The topological polar surface area (TPSA) is 63.0 Å². The third kappa shape index (κ3) is 0.540. The summed E-state index contributed by atoms with van der Waals surface area (Å²) < 4.78 is 1.26. The summed E-state index contributed by atoms with van der Waals surface area (Å²) in [6.45, 7) is 0. The first-order valence-corrected chi connectivity index (χ1v) is 2.75. The summed E-state index contributed by atoms with van der Waals surface area (Å²) in [5.74, 6) is 0. The molecular weight excluding hydrogens is 132 g/mol. The maximum absolute atomic E-state index is 10.8. The second kappa shape index (κ2) is 1.66. The Balaban J connectivity index is 3.09. The minimum absolute atomic E-state index is 0.338. The normalized spacial score (nSPS) is 10.4. The van der Waals surface area contributed by atoms with Gasteiger partial charge in [-0.25, -0.2) is 9.78 Å². The van der Waals surface area contributed by atoms with Crippen LogP contribution in [0.3, 0.4) is 0 Å². The van der Waals surface area contributed by atoms with Gasteiger partial charge in [0.25, 0.3) is 0 Å². The molecule has 0 radical (unpaired) electrons. The maximum Gasteiger partial charge on any atom is 0.369 e. The Hall–Kier alpha value is -1.65. The van der Waals surface area contributed by atoms with Gasteiger partial charge in [-0.15, -0.1) is 0 Å². The van der Waals surface area contributed by atoms with Gasteiger partial charge >= 0.3 is 5.69 Å². The molecule has 0 unspecified atom stereocenters. The van der Waals surface area contributed by atoms with Gasteiger partial charge in [0, 0.05) is 12.3 Å².